The lowest BCUT2D eigenvalue weighted by molar-refractivity contribution is -0.128. The lowest BCUT2D eigenvalue weighted by Crippen LogP contribution is -2.39. The van der Waals surface area contributed by atoms with Crippen LogP contribution in [0, 0.1) is 5.41 Å². The highest BCUT2D eigenvalue weighted by Gasteiger charge is 2.40. The predicted octanol–water partition coefficient (Wildman–Crippen LogP) is 0.678. The minimum absolute atomic E-state index is 0.0699. The lowest BCUT2D eigenvalue weighted by atomic mass is 9.89. The second-order valence-corrected chi connectivity index (χ2v) is 5.52. The van der Waals surface area contributed by atoms with Crippen LogP contribution in [0.5, 0.6) is 0 Å². The van der Waals surface area contributed by atoms with Crippen molar-refractivity contribution in [3.05, 3.63) is 23.9 Å². The lowest BCUT2D eigenvalue weighted by Gasteiger charge is -2.23. The molecular formula is C13H18N4OS. The SMILES string of the molecule is CNC(=O)C1(C)CCN(c2cc(C(N)=S)ccn2)C1. The molecule has 0 bridgehead atoms. The molecule has 0 aliphatic carbocycles. The van der Waals surface area contributed by atoms with E-state index in [0.717, 1.165) is 24.3 Å². The van der Waals surface area contributed by atoms with Crippen molar-refractivity contribution in [2.75, 3.05) is 25.0 Å². The molecule has 1 atom stereocenters. The molecule has 102 valence electrons. The first kappa shape index (κ1) is 13.7. The summed E-state index contributed by atoms with van der Waals surface area (Å²) >= 11 is 4.97. The van der Waals surface area contributed by atoms with Gasteiger partial charge in [-0.2, -0.15) is 0 Å². The first-order valence-corrected chi connectivity index (χ1v) is 6.60. The summed E-state index contributed by atoms with van der Waals surface area (Å²) in [5.41, 5.74) is 6.06. The van der Waals surface area contributed by atoms with E-state index < -0.39 is 0 Å². The van der Waals surface area contributed by atoms with E-state index in [9.17, 15) is 4.79 Å². The Labute approximate surface area is 118 Å². The van der Waals surface area contributed by atoms with Gasteiger partial charge in [-0.25, -0.2) is 4.98 Å². The highest BCUT2D eigenvalue weighted by molar-refractivity contribution is 7.80. The molecule has 1 fully saturated rings. The van der Waals surface area contributed by atoms with Crippen LogP contribution in [0.4, 0.5) is 5.82 Å². The molecule has 1 saturated heterocycles. The third-order valence-corrected chi connectivity index (χ3v) is 3.84. The van der Waals surface area contributed by atoms with E-state index in [-0.39, 0.29) is 11.3 Å². The highest BCUT2D eigenvalue weighted by Crippen LogP contribution is 2.32. The summed E-state index contributed by atoms with van der Waals surface area (Å²) in [5, 5.41) is 2.72. The number of carbonyl (C=O) groups is 1. The van der Waals surface area contributed by atoms with E-state index in [0.29, 0.717) is 11.5 Å². The number of rotatable bonds is 3. The Bertz CT molecular complexity index is 519. The number of carbonyl (C=O) groups excluding carboxylic acids is 1. The first-order valence-electron chi connectivity index (χ1n) is 6.19. The normalized spacial score (nSPS) is 22.3. The Morgan fingerprint density at radius 2 is 2.37 bits per heavy atom. The first-order chi connectivity index (χ1) is 8.96. The Kier molecular flexibility index (Phi) is 3.71. The molecule has 1 unspecified atom stereocenters. The molecule has 2 heterocycles. The number of nitrogens with two attached hydrogens (primary N) is 1. The van der Waals surface area contributed by atoms with Crippen molar-refractivity contribution >= 4 is 28.9 Å². The van der Waals surface area contributed by atoms with Gasteiger partial charge in [-0.05, 0) is 25.5 Å². The monoisotopic (exact) mass is 278 g/mol. The largest absolute Gasteiger partial charge is 0.389 e. The minimum atomic E-state index is -0.365. The topological polar surface area (TPSA) is 71.2 Å². The van der Waals surface area contributed by atoms with Gasteiger partial charge in [0.05, 0.1) is 5.41 Å². The van der Waals surface area contributed by atoms with E-state index in [1.54, 1.807) is 19.3 Å². The van der Waals surface area contributed by atoms with Gasteiger partial charge in [-0.1, -0.05) is 12.2 Å². The number of nitrogens with zero attached hydrogens (tertiary/aromatic N) is 2. The van der Waals surface area contributed by atoms with Gasteiger partial charge in [0.15, 0.2) is 0 Å². The molecule has 5 nitrogen and oxygen atoms in total. The number of nitrogens with one attached hydrogen (secondary N) is 1. The quantitative estimate of drug-likeness (QED) is 0.796. The van der Waals surface area contributed by atoms with Crippen LogP contribution in [-0.2, 0) is 4.79 Å². The molecule has 1 amide bonds. The third kappa shape index (κ3) is 2.68. The maximum absolute atomic E-state index is 11.9. The van der Waals surface area contributed by atoms with E-state index >= 15 is 0 Å². The van der Waals surface area contributed by atoms with Crippen LogP contribution in [0.15, 0.2) is 18.3 Å². The maximum atomic E-state index is 11.9. The molecule has 3 N–H and O–H groups in total. The van der Waals surface area contributed by atoms with Crippen LogP contribution in [0.2, 0.25) is 0 Å². The molecule has 19 heavy (non-hydrogen) atoms. The third-order valence-electron chi connectivity index (χ3n) is 3.60. The zero-order valence-corrected chi connectivity index (χ0v) is 12.0. The van der Waals surface area contributed by atoms with E-state index in [1.165, 1.54) is 0 Å². The molecule has 0 radical (unpaired) electrons. The molecule has 6 heteroatoms. The Hall–Kier alpha value is -1.69. The molecular weight excluding hydrogens is 260 g/mol. The number of hydrogen-bond acceptors (Lipinski definition) is 4. The molecule has 0 aromatic carbocycles. The average molecular weight is 278 g/mol. The summed E-state index contributed by atoms with van der Waals surface area (Å²) < 4.78 is 0. The molecule has 1 aromatic heterocycles. The summed E-state index contributed by atoms with van der Waals surface area (Å²) in [6.45, 7) is 3.43. The Balaban J connectivity index is 2.19. The zero-order valence-electron chi connectivity index (χ0n) is 11.1. The average Bonchev–Trinajstić information content (AvgIpc) is 2.82. The van der Waals surface area contributed by atoms with E-state index in [1.807, 2.05) is 13.0 Å². The summed E-state index contributed by atoms with van der Waals surface area (Å²) in [6.07, 6.45) is 2.50. The molecule has 1 aliphatic rings. The number of amides is 1. The van der Waals surface area contributed by atoms with Crippen molar-refractivity contribution in [2.45, 2.75) is 13.3 Å². The summed E-state index contributed by atoms with van der Waals surface area (Å²) in [5.74, 6) is 0.887. The molecule has 1 aromatic rings. The fourth-order valence-corrected chi connectivity index (χ4v) is 2.52. The fraction of sp³-hybridized carbons (Fsp3) is 0.462. The maximum Gasteiger partial charge on any atom is 0.227 e. The minimum Gasteiger partial charge on any atom is -0.389 e. The van der Waals surface area contributed by atoms with Crippen molar-refractivity contribution in [3.63, 3.8) is 0 Å². The van der Waals surface area contributed by atoms with Gasteiger partial charge >= 0.3 is 0 Å². The molecule has 0 spiro atoms. The van der Waals surface area contributed by atoms with E-state index in [4.69, 9.17) is 18.0 Å². The van der Waals surface area contributed by atoms with Crippen LogP contribution in [0.3, 0.4) is 0 Å². The van der Waals surface area contributed by atoms with Crippen LogP contribution in [-0.4, -0.2) is 36.0 Å². The van der Waals surface area contributed by atoms with Gasteiger partial charge in [0.25, 0.3) is 0 Å². The van der Waals surface area contributed by atoms with Gasteiger partial charge in [-0.15, -0.1) is 0 Å². The van der Waals surface area contributed by atoms with Crippen molar-refractivity contribution < 1.29 is 4.79 Å². The van der Waals surface area contributed by atoms with Crippen LogP contribution in [0.25, 0.3) is 0 Å². The summed E-state index contributed by atoms with van der Waals surface area (Å²) in [4.78, 5) is 18.7. The van der Waals surface area contributed by atoms with Gasteiger partial charge < -0.3 is 16.0 Å². The Morgan fingerprint density at radius 3 is 3.00 bits per heavy atom. The number of hydrogen-bond donors (Lipinski definition) is 2. The van der Waals surface area contributed by atoms with Crippen LogP contribution < -0.4 is 16.0 Å². The predicted molar refractivity (Wildman–Crippen MR) is 79.1 cm³/mol. The summed E-state index contributed by atoms with van der Waals surface area (Å²) in [6, 6.07) is 3.66. The van der Waals surface area contributed by atoms with Crippen molar-refractivity contribution in [3.8, 4) is 0 Å². The van der Waals surface area contributed by atoms with E-state index in [2.05, 4.69) is 15.2 Å². The number of pyridine rings is 1. The van der Waals surface area contributed by atoms with Crippen LogP contribution >= 0.6 is 12.2 Å². The van der Waals surface area contributed by atoms with Gasteiger partial charge in [-0.3, -0.25) is 4.79 Å². The number of aromatic nitrogens is 1. The van der Waals surface area contributed by atoms with Crippen molar-refractivity contribution in [1.29, 1.82) is 0 Å². The molecule has 1 aliphatic heterocycles. The second-order valence-electron chi connectivity index (χ2n) is 5.08. The standard InChI is InChI=1S/C13H18N4OS/c1-13(12(18)15-2)4-6-17(8-13)10-7-9(11(14)19)3-5-16-10/h3,5,7H,4,6,8H2,1-2H3,(H2,14,19)(H,15,18). The summed E-state index contributed by atoms with van der Waals surface area (Å²) in [7, 11) is 1.67. The van der Waals surface area contributed by atoms with Gasteiger partial charge in [0.1, 0.15) is 10.8 Å². The number of anilines is 1. The second kappa shape index (κ2) is 5.13. The van der Waals surface area contributed by atoms with Gasteiger partial charge in [0.2, 0.25) is 5.91 Å². The molecule has 2 rings (SSSR count). The number of thiocarbonyl (C=S) groups is 1. The Morgan fingerprint density at radius 1 is 1.63 bits per heavy atom. The van der Waals surface area contributed by atoms with Gasteiger partial charge in [0, 0.05) is 31.9 Å². The van der Waals surface area contributed by atoms with Crippen LogP contribution in [0.1, 0.15) is 18.9 Å². The highest BCUT2D eigenvalue weighted by atomic mass is 32.1. The zero-order chi connectivity index (χ0) is 14.0. The fourth-order valence-electron chi connectivity index (χ4n) is 2.39. The smallest absolute Gasteiger partial charge is 0.227 e. The molecule has 0 saturated carbocycles. The van der Waals surface area contributed by atoms with Crippen molar-refractivity contribution in [1.82, 2.24) is 10.3 Å². The van der Waals surface area contributed by atoms with Crippen molar-refractivity contribution in [2.24, 2.45) is 11.1 Å².